The second-order valence-corrected chi connectivity index (χ2v) is 10.2. The molecule has 2 bridgehead atoms. The molecule has 3 aromatic carbocycles. The normalized spacial score (nSPS) is 23.0. The highest BCUT2D eigenvalue weighted by Crippen LogP contribution is 2.57. The number of aliphatic hydroxyl groups is 1. The Hall–Kier alpha value is -2.74. The first kappa shape index (κ1) is 26.3. The van der Waals surface area contributed by atoms with Crippen molar-refractivity contribution in [3.63, 3.8) is 0 Å². The molecule has 0 saturated carbocycles. The Kier molecular flexibility index (Phi) is 7.83. The van der Waals surface area contributed by atoms with Crippen LogP contribution in [-0.4, -0.2) is 47.3 Å². The van der Waals surface area contributed by atoms with Gasteiger partial charge < -0.3 is 31.3 Å². The lowest BCUT2D eigenvalue weighted by molar-refractivity contribution is -0.946. The van der Waals surface area contributed by atoms with E-state index in [-0.39, 0.29) is 28.1 Å². The number of nitrogens with zero attached hydrogens (tertiary/aromatic N) is 2. The Labute approximate surface area is 223 Å². The molecule has 0 amide bonds. The summed E-state index contributed by atoms with van der Waals surface area (Å²) in [6.45, 7) is 4.86. The number of piperidine rings is 3. The van der Waals surface area contributed by atoms with Crippen LogP contribution in [0.5, 0.6) is 5.75 Å². The van der Waals surface area contributed by atoms with Crippen molar-refractivity contribution in [2.45, 2.75) is 31.3 Å². The average molecular weight is 553 g/mol. The van der Waals surface area contributed by atoms with Crippen molar-refractivity contribution in [3.05, 3.63) is 106 Å². The molecule has 0 radical (unpaired) electrons. The predicted octanol–water partition coefficient (Wildman–Crippen LogP) is 2.30. The molecule has 0 aromatic heterocycles. The number of benzene rings is 3. The van der Waals surface area contributed by atoms with E-state index >= 15 is 0 Å². The number of halogens is 1. The third-order valence-electron chi connectivity index (χ3n) is 8.44. The summed E-state index contributed by atoms with van der Waals surface area (Å²) < 4.78 is 6.94. The summed E-state index contributed by atoms with van der Waals surface area (Å²) in [7, 11) is 0. The molecule has 0 aliphatic carbocycles. The molecular formula is C29H33BrN2O4. The maximum Gasteiger partial charge on any atom is 0.269 e. The number of hydrogen-bond donors (Lipinski definition) is 1. The van der Waals surface area contributed by atoms with Gasteiger partial charge in [-0.15, -0.1) is 0 Å². The van der Waals surface area contributed by atoms with Gasteiger partial charge in [-0.3, -0.25) is 10.1 Å². The Morgan fingerprint density at radius 1 is 0.861 bits per heavy atom. The Morgan fingerprint density at radius 3 is 1.83 bits per heavy atom. The first-order valence-electron chi connectivity index (χ1n) is 12.5. The topological polar surface area (TPSA) is 72.6 Å². The van der Waals surface area contributed by atoms with Gasteiger partial charge in [0, 0.05) is 43.2 Å². The van der Waals surface area contributed by atoms with Crippen LogP contribution >= 0.6 is 0 Å². The maximum atomic E-state index is 12.5. The van der Waals surface area contributed by atoms with Gasteiger partial charge in [-0.1, -0.05) is 60.7 Å². The first-order chi connectivity index (χ1) is 17.0. The number of rotatable bonds is 9. The van der Waals surface area contributed by atoms with E-state index in [0.29, 0.717) is 12.4 Å². The Morgan fingerprint density at radius 2 is 1.36 bits per heavy atom. The summed E-state index contributed by atoms with van der Waals surface area (Å²) in [5.74, 6) is 0.669. The van der Waals surface area contributed by atoms with Crippen LogP contribution in [0.2, 0.25) is 0 Å². The molecule has 3 aliphatic rings. The van der Waals surface area contributed by atoms with E-state index in [2.05, 4.69) is 24.3 Å². The largest absolute Gasteiger partial charge is 1.00 e. The highest BCUT2D eigenvalue weighted by atomic mass is 79.9. The number of fused-ring (bicyclic) bond motifs is 3. The summed E-state index contributed by atoms with van der Waals surface area (Å²) in [5, 5.41) is 23.3. The fraction of sp³-hybridized carbons (Fsp3) is 0.379. The van der Waals surface area contributed by atoms with Gasteiger partial charge in [-0.2, -0.15) is 0 Å². The van der Waals surface area contributed by atoms with Gasteiger partial charge in [-0.25, -0.2) is 0 Å². The standard InChI is InChI=1S/C29H33N2O4.BrH/c32-29(24-8-3-1-4-9-24,25-10-5-2-6-11-25)28-16-20-31(21-17-28,22-18-28)19-7-23-35-27-14-12-26(13-15-27)30(33)34;/h1-6,8-15,32H,7,16-23H2;1H/q+1;/p-1. The lowest BCUT2D eigenvalue weighted by Gasteiger charge is -2.60. The minimum Gasteiger partial charge on any atom is -1.00 e. The molecule has 36 heavy (non-hydrogen) atoms. The van der Waals surface area contributed by atoms with Crippen molar-refractivity contribution in [1.29, 1.82) is 0 Å². The van der Waals surface area contributed by atoms with E-state index in [1.807, 2.05) is 36.4 Å². The second kappa shape index (κ2) is 10.7. The highest BCUT2D eigenvalue weighted by Gasteiger charge is 2.60. The molecule has 3 saturated heterocycles. The maximum absolute atomic E-state index is 12.5. The molecule has 0 spiro atoms. The van der Waals surface area contributed by atoms with E-state index in [1.54, 1.807) is 12.1 Å². The van der Waals surface area contributed by atoms with E-state index < -0.39 is 10.5 Å². The molecule has 0 unspecified atom stereocenters. The lowest BCUT2D eigenvalue weighted by Crippen LogP contribution is -3.00. The fourth-order valence-corrected chi connectivity index (χ4v) is 6.33. The molecule has 7 heteroatoms. The lowest BCUT2D eigenvalue weighted by atomic mass is 9.56. The van der Waals surface area contributed by atoms with E-state index in [9.17, 15) is 15.2 Å². The van der Waals surface area contributed by atoms with Crippen LogP contribution in [0.25, 0.3) is 0 Å². The van der Waals surface area contributed by atoms with E-state index in [4.69, 9.17) is 4.74 Å². The molecule has 6 rings (SSSR count). The molecule has 6 nitrogen and oxygen atoms in total. The number of nitro benzene ring substituents is 1. The van der Waals surface area contributed by atoms with E-state index in [1.165, 1.54) is 12.1 Å². The van der Waals surface area contributed by atoms with Crippen LogP contribution in [0, 0.1) is 15.5 Å². The van der Waals surface area contributed by atoms with Gasteiger partial charge in [0.2, 0.25) is 0 Å². The molecule has 3 fully saturated rings. The van der Waals surface area contributed by atoms with Crippen molar-refractivity contribution in [2.75, 3.05) is 32.8 Å². The van der Waals surface area contributed by atoms with E-state index in [0.717, 1.165) is 67.5 Å². The summed E-state index contributed by atoms with van der Waals surface area (Å²) >= 11 is 0. The van der Waals surface area contributed by atoms with Gasteiger partial charge in [0.15, 0.2) is 0 Å². The van der Waals surface area contributed by atoms with Crippen molar-refractivity contribution in [1.82, 2.24) is 0 Å². The number of quaternary nitrogens is 1. The third kappa shape index (κ3) is 4.80. The number of nitro groups is 1. The average Bonchev–Trinajstić information content (AvgIpc) is 2.93. The highest BCUT2D eigenvalue weighted by molar-refractivity contribution is 5.39. The van der Waals surface area contributed by atoms with Gasteiger partial charge in [0.05, 0.1) is 37.7 Å². The van der Waals surface area contributed by atoms with Crippen LogP contribution < -0.4 is 21.7 Å². The van der Waals surface area contributed by atoms with Crippen molar-refractivity contribution in [3.8, 4) is 5.75 Å². The molecule has 190 valence electrons. The number of non-ortho nitro benzene ring substituents is 1. The van der Waals surface area contributed by atoms with Crippen LogP contribution in [0.1, 0.15) is 36.8 Å². The van der Waals surface area contributed by atoms with Gasteiger partial charge in [-0.05, 0) is 23.3 Å². The van der Waals surface area contributed by atoms with Gasteiger partial charge in [0.1, 0.15) is 11.4 Å². The zero-order chi connectivity index (χ0) is 24.4. The second-order valence-electron chi connectivity index (χ2n) is 10.2. The Bertz CT molecular complexity index is 1090. The van der Waals surface area contributed by atoms with Crippen LogP contribution in [0.3, 0.4) is 0 Å². The van der Waals surface area contributed by atoms with Crippen LogP contribution in [0.4, 0.5) is 5.69 Å². The Balaban J connectivity index is 0.00000304. The SMILES string of the molecule is O=[N+]([O-])c1ccc(OCCC[N+]23CCC(C(O)(c4ccccc4)c4ccccc4)(CC2)CC3)cc1.[Br-]. The summed E-state index contributed by atoms with van der Waals surface area (Å²) in [4.78, 5) is 10.4. The quantitative estimate of drug-likeness (QED) is 0.191. The minimum absolute atomic E-state index is 0. The zero-order valence-electron chi connectivity index (χ0n) is 20.4. The van der Waals surface area contributed by atoms with Crippen molar-refractivity contribution < 1.29 is 36.2 Å². The molecule has 0 atom stereocenters. The van der Waals surface area contributed by atoms with Crippen molar-refractivity contribution in [2.24, 2.45) is 5.41 Å². The summed E-state index contributed by atoms with van der Waals surface area (Å²) in [6.07, 6.45) is 3.93. The molecule has 3 heterocycles. The fourth-order valence-electron chi connectivity index (χ4n) is 6.33. The number of ether oxygens (including phenoxy) is 1. The summed E-state index contributed by atoms with van der Waals surface area (Å²) in [5.41, 5.74) is 0.900. The van der Waals surface area contributed by atoms with Crippen LogP contribution in [0.15, 0.2) is 84.9 Å². The summed E-state index contributed by atoms with van der Waals surface area (Å²) in [6, 6.07) is 26.7. The molecular weight excluding hydrogens is 520 g/mol. The molecule has 3 aliphatic heterocycles. The third-order valence-corrected chi connectivity index (χ3v) is 8.44. The number of hydrogen-bond acceptors (Lipinski definition) is 4. The minimum atomic E-state index is -0.995. The molecule has 1 N–H and O–H groups in total. The van der Waals surface area contributed by atoms with Crippen LogP contribution in [-0.2, 0) is 5.60 Å². The van der Waals surface area contributed by atoms with Gasteiger partial charge >= 0.3 is 0 Å². The first-order valence-corrected chi connectivity index (χ1v) is 12.5. The van der Waals surface area contributed by atoms with Gasteiger partial charge in [0.25, 0.3) is 5.69 Å². The van der Waals surface area contributed by atoms with Crippen molar-refractivity contribution >= 4 is 5.69 Å². The predicted molar refractivity (Wildman–Crippen MR) is 135 cm³/mol. The smallest absolute Gasteiger partial charge is 0.269 e. The zero-order valence-corrected chi connectivity index (χ0v) is 22.0. The monoisotopic (exact) mass is 552 g/mol. The molecule has 3 aromatic rings.